The van der Waals surface area contributed by atoms with E-state index in [1.54, 1.807) is 11.5 Å². The van der Waals surface area contributed by atoms with E-state index in [1.165, 1.54) is 37.0 Å². The van der Waals surface area contributed by atoms with Crippen LogP contribution in [0.5, 0.6) is 11.5 Å². The minimum absolute atomic E-state index is 0.0788. The van der Waals surface area contributed by atoms with Crippen molar-refractivity contribution in [3.05, 3.63) is 99.3 Å². The number of fused-ring (bicyclic) bond motifs is 1. The fourth-order valence-corrected chi connectivity index (χ4v) is 5.56. The van der Waals surface area contributed by atoms with Crippen LogP contribution in [0.15, 0.2) is 83.7 Å². The van der Waals surface area contributed by atoms with Crippen molar-refractivity contribution in [3.8, 4) is 34.0 Å². The quantitative estimate of drug-likeness (QED) is 0.175. The van der Waals surface area contributed by atoms with E-state index in [1.807, 2.05) is 84.9 Å². The molecule has 5 nitrogen and oxygen atoms in total. The third-order valence-electron chi connectivity index (χ3n) is 6.55. The Bertz CT molecular complexity index is 1610. The highest BCUT2D eigenvalue weighted by molar-refractivity contribution is 7.15. The largest absolute Gasteiger partial charge is 0.493 e. The van der Waals surface area contributed by atoms with E-state index in [0.717, 1.165) is 40.2 Å². The average molecular weight is 525 g/mol. The Hall–Kier alpha value is -3.90. The van der Waals surface area contributed by atoms with Gasteiger partial charge in [0.2, 0.25) is 0 Å². The zero-order valence-corrected chi connectivity index (χ0v) is 22.7. The Labute approximate surface area is 227 Å². The van der Waals surface area contributed by atoms with Crippen LogP contribution in [-0.4, -0.2) is 23.1 Å². The van der Waals surface area contributed by atoms with Crippen LogP contribution >= 0.6 is 11.3 Å². The van der Waals surface area contributed by atoms with Crippen LogP contribution in [0.25, 0.3) is 33.6 Å². The molecule has 5 rings (SSSR count). The third kappa shape index (κ3) is 5.50. The molecule has 0 bridgehead atoms. The molecule has 0 unspecified atom stereocenters. The first kappa shape index (κ1) is 25.7. The number of ether oxygens (including phenoxy) is 2. The van der Waals surface area contributed by atoms with Gasteiger partial charge in [-0.25, -0.2) is 9.38 Å². The minimum Gasteiger partial charge on any atom is -0.493 e. The molecule has 0 N–H and O–H groups in total. The highest BCUT2D eigenvalue weighted by atomic mass is 32.1. The minimum atomic E-state index is -0.0788. The number of rotatable bonds is 11. The molecule has 0 radical (unpaired) electrons. The molecule has 2 aromatic heterocycles. The summed E-state index contributed by atoms with van der Waals surface area (Å²) in [6, 6.07) is 25.8. The lowest BCUT2D eigenvalue weighted by molar-refractivity contribution is 0.285. The second-order valence-electron chi connectivity index (χ2n) is 9.25. The smallest absolute Gasteiger partial charge is 0.274 e. The van der Waals surface area contributed by atoms with Gasteiger partial charge >= 0.3 is 0 Å². The molecule has 5 aromatic rings. The van der Waals surface area contributed by atoms with Gasteiger partial charge in [-0.1, -0.05) is 111 Å². The van der Waals surface area contributed by atoms with Crippen molar-refractivity contribution in [1.82, 2.24) is 9.38 Å². The number of thiazole rings is 1. The normalized spacial score (nSPS) is 11.8. The number of benzene rings is 3. The molecule has 194 valence electrons. The first-order chi connectivity index (χ1) is 18.7. The summed E-state index contributed by atoms with van der Waals surface area (Å²) >= 11 is 1.40. The van der Waals surface area contributed by atoms with E-state index in [0.29, 0.717) is 21.8 Å². The lowest BCUT2D eigenvalue weighted by Gasteiger charge is -2.11. The first-order valence-corrected chi connectivity index (χ1v) is 14.0. The maximum atomic E-state index is 13.7. The van der Waals surface area contributed by atoms with Gasteiger partial charge in [0, 0.05) is 11.1 Å². The summed E-state index contributed by atoms with van der Waals surface area (Å²) in [5.74, 6) is 1.39. The SMILES string of the molecule is CCCCCCCOc1ccc(/C=c2\sc3nc(-c4ccccc4)c(-c4ccccc4)n3c2=O)cc1OC. The molecule has 6 heteroatoms. The van der Waals surface area contributed by atoms with Crippen molar-refractivity contribution in [3.63, 3.8) is 0 Å². The Morgan fingerprint density at radius 1 is 0.868 bits per heavy atom. The maximum Gasteiger partial charge on any atom is 0.274 e. The number of nitrogens with zero attached hydrogens (tertiary/aromatic N) is 2. The zero-order valence-electron chi connectivity index (χ0n) is 21.9. The summed E-state index contributed by atoms with van der Waals surface area (Å²) in [5.41, 5.74) is 4.36. The van der Waals surface area contributed by atoms with Crippen molar-refractivity contribution in [2.24, 2.45) is 0 Å². The molecule has 0 fully saturated rings. The molecular weight excluding hydrogens is 492 g/mol. The number of imidazole rings is 1. The van der Waals surface area contributed by atoms with E-state index in [9.17, 15) is 4.79 Å². The molecular formula is C32H32N2O3S. The summed E-state index contributed by atoms with van der Waals surface area (Å²) in [5, 5.41) is 0. The van der Waals surface area contributed by atoms with Crippen LogP contribution in [0, 0.1) is 0 Å². The topological polar surface area (TPSA) is 52.8 Å². The van der Waals surface area contributed by atoms with Gasteiger partial charge in [0.05, 0.1) is 29.6 Å². The average Bonchev–Trinajstić information content (AvgIpc) is 3.48. The highest BCUT2D eigenvalue weighted by Crippen LogP contribution is 2.33. The van der Waals surface area contributed by atoms with E-state index < -0.39 is 0 Å². The van der Waals surface area contributed by atoms with Crippen LogP contribution in [0.3, 0.4) is 0 Å². The molecule has 0 aliphatic heterocycles. The van der Waals surface area contributed by atoms with Crippen molar-refractivity contribution in [2.45, 2.75) is 39.0 Å². The lowest BCUT2D eigenvalue weighted by Crippen LogP contribution is -2.23. The molecule has 0 amide bonds. The molecule has 38 heavy (non-hydrogen) atoms. The fourth-order valence-electron chi connectivity index (χ4n) is 4.59. The number of hydrogen-bond acceptors (Lipinski definition) is 5. The van der Waals surface area contributed by atoms with Crippen molar-refractivity contribution >= 4 is 22.4 Å². The monoisotopic (exact) mass is 524 g/mol. The van der Waals surface area contributed by atoms with Gasteiger partial charge in [-0.05, 0) is 30.2 Å². The predicted octanol–water partition coefficient (Wildman–Crippen LogP) is 7.00. The van der Waals surface area contributed by atoms with Gasteiger partial charge in [0.25, 0.3) is 5.56 Å². The Morgan fingerprint density at radius 2 is 1.58 bits per heavy atom. The van der Waals surface area contributed by atoms with Crippen LogP contribution in [0.1, 0.15) is 44.6 Å². The summed E-state index contributed by atoms with van der Waals surface area (Å²) in [6.07, 6.45) is 7.84. The second kappa shape index (κ2) is 12.1. The van der Waals surface area contributed by atoms with Gasteiger partial charge in [0.15, 0.2) is 16.5 Å². The van der Waals surface area contributed by atoms with E-state index >= 15 is 0 Å². The van der Waals surface area contributed by atoms with E-state index in [2.05, 4.69) is 6.92 Å². The van der Waals surface area contributed by atoms with Crippen LogP contribution in [-0.2, 0) is 0 Å². The molecule has 0 saturated heterocycles. The number of aromatic nitrogens is 2. The lowest BCUT2D eigenvalue weighted by atomic mass is 10.1. The van der Waals surface area contributed by atoms with Crippen molar-refractivity contribution < 1.29 is 9.47 Å². The summed E-state index contributed by atoms with van der Waals surface area (Å²) in [7, 11) is 1.64. The Balaban J connectivity index is 1.49. The predicted molar refractivity (Wildman–Crippen MR) is 156 cm³/mol. The highest BCUT2D eigenvalue weighted by Gasteiger charge is 2.20. The van der Waals surface area contributed by atoms with Crippen LogP contribution in [0.2, 0.25) is 0 Å². The second-order valence-corrected chi connectivity index (χ2v) is 10.3. The van der Waals surface area contributed by atoms with Crippen molar-refractivity contribution in [2.75, 3.05) is 13.7 Å². The Kier molecular flexibility index (Phi) is 8.19. The van der Waals surface area contributed by atoms with Crippen LogP contribution < -0.4 is 19.6 Å². The molecule has 0 aliphatic rings. The number of unbranched alkanes of at least 4 members (excludes halogenated alkanes) is 4. The van der Waals surface area contributed by atoms with Gasteiger partial charge in [0.1, 0.15) is 0 Å². The summed E-state index contributed by atoms with van der Waals surface area (Å²) in [6.45, 7) is 2.88. The summed E-state index contributed by atoms with van der Waals surface area (Å²) in [4.78, 5) is 19.3. The molecule has 3 aromatic carbocycles. The molecule has 0 atom stereocenters. The van der Waals surface area contributed by atoms with Crippen LogP contribution in [0.4, 0.5) is 0 Å². The zero-order chi connectivity index (χ0) is 26.3. The number of hydrogen-bond donors (Lipinski definition) is 0. The van der Waals surface area contributed by atoms with Gasteiger partial charge in [-0.2, -0.15) is 0 Å². The fraction of sp³-hybridized carbons (Fsp3) is 0.250. The first-order valence-electron chi connectivity index (χ1n) is 13.2. The third-order valence-corrected chi connectivity index (χ3v) is 7.52. The Morgan fingerprint density at radius 3 is 2.29 bits per heavy atom. The summed E-state index contributed by atoms with van der Waals surface area (Å²) < 4.78 is 13.9. The number of methoxy groups -OCH3 is 1. The van der Waals surface area contributed by atoms with Crippen molar-refractivity contribution in [1.29, 1.82) is 0 Å². The van der Waals surface area contributed by atoms with E-state index in [-0.39, 0.29) is 5.56 Å². The van der Waals surface area contributed by atoms with E-state index in [4.69, 9.17) is 14.5 Å². The molecule has 0 spiro atoms. The van der Waals surface area contributed by atoms with Gasteiger partial charge in [-0.3, -0.25) is 4.79 Å². The van der Waals surface area contributed by atoms with Gasteiger partial charge in [-0.15, -0.1) is 0 Å². The van der Waals surface area contributed by atoms with Gasteiger partial charge < -0.3 is 9.47 Å². The molecule has 2 heterocycles. The molecule has 0 aliphatic carbocycles. The maximum absolute atomic E-state index is 13.7. The standard InChI is InChI=1S/C32H32N2O3S/c1-3-4-5-6-13-20-37-26-19-18-23(21-27(26)36-2)22-28-31(35)34-30(25-16-11-8-12-17-25)29(33-32(34)38-28)24-14-9-7-10-15-24/h7-12,14-19,21-22H,3-6,13,20H2,1-2H3/b28-22-. The molecule has 0 saturated carbocycles.